The average molecular weight is 355 g/mol. The van der Waals surface area contributed by atoms with Crippen molar-refractivity contribution in [3.8, 4) is 0 Å². The van der Waals surface area contributed by atoms with Gasteiger partial charge in [0.15, 0.2) is 0 Å². The first-order valence-electron chi connectivity index (χ1n) is 3.39. The van der Waals surface area contributed by atoms with Gasteiger partial charge in [-0.1, -0.05) is 50.1 Å². The molecule has 0 unspecified atom stereocenters. The van der Waals surface area contributed by atoms with E-state index in [2.05, 4.69) is 53.9 Å². The molecule has 0 bridgehead atoms. The van der Waals surface area contributed by atoms with Crippen molar-refractivity contribution in [1.82, 2.24) is 0 Å². The molecule has 0 aliphatic rings. The normalized spacial score (nSPS) is 12.7. The summed E-state index contributed by atoms with van der Waals surface area (Å²) in [7, 11) is 0. The molecule has 12 heavy (non-hydrogen) atoms. The van der Waals surface area contributed by atoms with Gasteiger partial charge in [0.1, 0.15) is 0 Å². The van der Waals surface area contributed by atoms with Crippen molar-refractivity contribution in [3.05, 3.63) is 38.8 Å². The topological polar surface area (TPSA) is 0 Å². The van der Waals surface area contributed by atoms with E-state index < -0.39 is 0 Å². The highest BCUT2D eigenvalue weighted by Gasteiger charge is 2.03. The van der Waals surface area contributed by atoms with Crippen LogP contribution in [0.5, 0.6) is 0 Å². The highest BCUT2D eigenvalue weighted by atomic mass is 79.9. The fraction of sp³-hybridized carbons (Fsp3) is 0.111. The molecule has 0 heterocycles. The van der Waals surface area contributed by atoms with E-state index >= 15 is 0 Å². The van der Waals surface area contributed by atoms with Crippen molar-refractivity contribution in [2.45, 2.75) is 6.92 Å². The van der Waals surface area contributed by atoms with Crippen molar-refractivity contribution in [2.75, 3.05) is 0 Å². The predicted molar refractivity (Wildman–Crippen MR) is 64.6 cm³/mol. The maximum absolute atomic E-state index is 3.50. The van der Waals surface area contributed by atoms with E-state index in [-0.39, 0.29) is 0 Å². The van der Waals surface area contributed by atoms with Gasteiger partial charge in [0.25, 0.3) is 0 Å². The van der Waals surface area contributed by atoms with E-state index in [0.717, 1.165) is 19.0 Å². The SMILES string of the molecule is CC(Br)=C(Br)c1ccccc1Br. The Hall–Kier alpha value is 0.400. The molecule has 0 spiro atoms. The molecule has 1 aromatic carbocycles. The zero-order valence-corrected chi connectivity index (χ0v) is 11.2. The summed E-state index contributed by atoms with van der Waals surface area (Å²) in [4.78, 5) is 0. The molecular formula is C9H7Br3. The Morgan fingerprint density at radius 3 is 2.25 bits per heavy atom. The maximum atomic E-state index is 3.50. The standard InChI is InChI=1S/C9H7Br3/c1-6(10)9(12)7-4-2-3-5-8(7)11/h2-5H,1H3. The molecule has 0 aliphatic carbocycles. The van der Waals surface area contributed by atoms with E-state index in [1.165, 1.54) is 0 Å². The predicted octanol–water partition coefficient (Wildman–Crippen LogP) is 4.93. The van der Waals surface area contributed by atoms with Gasteiger partial charge in [-0.05, 0) is 28.9 Å². The van der Waals surface area contributed by atoms with Crippen LogP contribution in [-0.4, -0.2) is 0 Å². The smallest absolute Gasteiger partial charge is 0.0357 e. The molecule has 0 fully saturated rings. The monoisotopic (exact) mass is 352 g/mol. The number of benzene rings is 1. The molecule has 0 saturated heterocycles. The van der Waals surface area contributed by atoms with Crippen LogP contribution in [0.4, 0.5) is 0 Å². The fourth-order valence-corrected chi connectivity index (χ4v) is 2.13. The number of rotatable bonds is 1. The van der Waals surface area contributed by atoms with E-state index in [1.807, 2.05) is 25.1 Å². The number of halogens is 3. The Morgan fingerprint density at radius 2 is 1.75 bits per heavy atom. The van der Waals surface area contributed by atoms with Gasteiger partial charge in [0.05, 0.1) is 0 Å². The lowest BCUT2D eigenvalue weighted by Crippen LogP contribution is -1.79. The van der Waals surface area contributed by atoms with Gasteiger partial charge in [-0.25, -0.2) is 0 Å². The van der Waals surface area contributed by atoms with Crippen molar-refractivity contribution in [3.63, 3.8) is 0 Å². The molecule has 0 amide bonds. The average Bonchev–Trinajstić information content (AvgIpc) is 2.04. The molecule has 0 radical (unpaired) electrons. The van der Waals surface area contributed by atoms with Gasteiger partial charge in [-0.2, -0.15) is 0 Å². The second kappa shape index (κ2) is 4.58. The zero-order chi connectivity index (χ0) is 9.14. The Kier molecular flexibility index (Phi) is 4.00. The summed E-state index contributed by atoms with van der Waals surface area (Å²) in [5, 5.41) is 0. The van der Waals surface area contributed by atoms with Gasteiger partial charge in [-0.3, -0.25) is 0 Å². The van der Waals surface area contributed by atoms with E-state index in [1.54, 1.807) is 0 Å². The van der Waals surface area contributed by atoms with Gasteiger partial charge in [-0.15, -0.1) is 0 Å². The van der Waals surface area contributed by atoms with Crippen molar-refractivity contribution in [1.29, 1.82) is 0 Å². The van der Waals surface area contributed by atoms with Crippen LogP contribution in [0.25, 0.3) is 4.48 Å². The molecule has 1 rings (SSSR count). The molecule has 64 valence electrons. The van der Waals surface area contributed by atoms with Crippen LogP contribution in [0, 0.1) is 0 Å². The minimum Gasteiger partial charge on any atom is -0.0616 e. The van der Waals surface area contributed by atoms with Crippen molar-refractivity contribution in [2.24, 2.45) is 0 Å². The summed E-state index contributed by atoms with van der Waals surface area (Å²) in [6, 6.07) is 8.08. The third-order valence-corrected chi connectivity index (χ3v) is 4.05. The maximum Gasteiger partial charge on any atom is 0.0357 e. The van der Waals surface area contributed by atoms with E-state index in [0.29, 0.717) is 0 Å². The van der Waals surface area contributed by atoms with E-state index in [9.17, 15) is 0 Å². The zero-order valence-electron chi connectivity index (χ0n) is 6.44. The molecule has 0 nitrogen and oxygen atoms in total. The highest BCUT2D eigenvalue weighted by molar-refractivity contribution is 9.16. The number of allylic oxidation sites excluding steroid dienone is 1. The third-order valence-electron chi connectivity index (χ3n) is 1.41. The molecule has 0 saturated carbocycles. The van der Waals surface area contributed by atoms with Crippen molar-refractivity contribution < 1.29 is 0 Å². The molecule has 0 aliphatic heterocycles. The molecule has 3 heteroatoms. The van der Waals surface area contributed by atoms with Gasteiger partial charge in [0, 0.05) is 19.0 Å². The lowest BCUT2D eigenvalue weighted by Gasteiger charge is -2.03. The van der Waals surface area contributed by atoms with Gasteiger partial charge >= 0.3 is 0 Å². The van der Waals surface area contributed by atoms with Crippen LogP contribution < -0.4 is 0 Å². The summed E-state index contributed by atoms with van der Waals surface area (Å²) < 4.78 is 3.26. The fourth-order valence-electron chi connectivity index (χ4n) is 0.825. The third kappa shape index (κ3) is 2.44. The minimum atomic E-state index is 1.08. The van der Waals surface area contributed by atoms with Gasteiger partial charge < -0.3 is 0 Å². The van der Waals surface area contributed by atoms with Crippen LogP contribution >= 0.6 is 47.8 Å². The Balaban J connectivity index is 3.21. The summed E-state index contributed by atoms with van der Waals surface area (Å²) >= 11 is 10.4. The highest BCUT2D eigenvalue weighted by Crippen LogP contribution is 2.32. The Labute approximate surface area is 97.4 Å². The Morgan fingerprint density at radius 1 is 1.17 bits per heavy atom. The summed E-state index contributed by atoms with van der Waals surface area (Å²) in [6.45, 7) is 2.00. The van der Waals surface area contributed by atoms with Crippen LogP contribution in [-0.2, 0) is 0 Å². The molecule has 0 N–H and O–H groups in total. The number of hydrogen-bond acceptors (Lipinski definition) is 0. The lowest BCUT2D eigenvalue weighted by atomic mass is 10.2. The van der Waals surface area contributed by atoms with Crippen LogP contribution in [0.15, 0.2) is 33.2 Å². The summed E-state index contributed by atoms with van der Waals surface area (Å²) in [6.07, 6.45) is 0. The minimum absolute atomic E-state index is 1.08. The molecule has 0 atom stereocenters. The second-order valence-corrected chi connectivity index (χ2v) is 5.16. The van der Waals surface area contributed by atoms with Crippen LogP contribution in [0.2, 0.25) is 0 Å². The number of hydrogen-bond donors (Lipinski definition) is 0. The van der Waals surface area contributed by atoms with E-state index in [4.69, 9.17) is 0 Å². The van der Waals surface area contributed by atoms with Gasteiger partial charge in [0.2, 0.25) is 0 Å². The first-order chi connectivity index (χ1) is 5.63. The lowest BCUT2D eigenvalue weighted by molar-refractivity contribution is 1.58. The quantitative estimate of drug-likeness (QED) is 0.671. The first kappa shape index (κ1) is 10.5. The summed E-state index contributed by atoms with van der Waals surface area (Å²) in [5.74, 6) is 0. The van der Waals surface area contributed by atoms with Crippen LogP contribution in [0.3, 0.4) is 0 Å². The molecule has 0 aromatic heterocycles. The molecular weight excluding hydrogens is 348 g/mol. The van der Waals surface area contributed by atoms with Crippen molar-refractivity contribution >= 4 is 52.3 Å². The summed E-state index contributed by atoms with van der Waals surface area (Å²) in [5.41, 5.74) is 1.16. The largest absolute Gasteiger partial charge is 0.0616 e. The Bertz CT molecular complexity index is 311. The molecule has 1 aromatic rings. The van der Waals surface area contributed by atoms with Crippen LogP contribution in [0.1, 0.15) is 12.5 Å². The first-order valence-corrected chi connectivity index (χ1v) is 5.77. The second-order valence-electron chi connectivity index (χ2n) is 2.33.